The molecule has 17 heavy (non-hydrogen) atoms. The SMILES string of the molecule is CCc1ncc(S(=O)(=O)N(C)C(C)CCN)[nH]1. The summed E-state index contributed by atoms with van der Waals surface area (Å²) in [5, 5.41) is 0.140. The zero-order valence-electron chi connectivity index (χ0n) is 10.5. The van der Waals surface area contributed by atoms with E-state index < -0.39 is 10.0 Å². The fourth-order valence-corrected chi connectivity index (χ4v) is 2.79. The van der Waals surface area contributed by atoms with Crippen LogP contribution in [-0.4, -0.2) is 42.3 Å². The first-order valence-electron chi connectivity index (χ1n) is 5.65. The molecule has 0 saturated heterocycles. The van der Waals surface area contributed by atoms with Crippen LogP contribution in [0.25, 0.3) is 0 Å². The van der Waals surface area contributed by atoms with Gasteiger partial charge in [0.1, 0.15) is 5.82 Å². The van der Waals surface area contributed by atoms with Gasteiger partial charge in [0, 0.05) is 19.5 Å². The minimum Gasteiger partial charge on any atom is -0.332 e. The zero-order valence-corrected chi connectivity index (χ0v) is 11.3. The average Bonchev–Trinajstić information content (AvgIpc) is 2.77. The van der Waals surface area contributed by atoms with Crippen LogP contribution in [-0.2, 0) is 16.4 Å². The topological polar surface area (TPSA) is 92.1 Å². The molecule has 1 atom stereocenters. The Balaban J connectivity index is 2.94. The Morgan fingerprint density at radius 2 is 2.24 bits per heavy atom. The number of aryl methyl sites for hydroxylation is 1. The van der Waals surface area contributed by atoms with Gasteiger partial charge in [0.15, 0.2) is 5.03 Å². The number of hydrogen-bond donors (Lipinski definition) is 2. The molecule has 3 N–H and O–H groups in total. The van der Waals surface area contributed by atoms with Gasteiger partial charge in [0.2, 0.25) is 0 Å². The van der Waals surface area contributed by atoms with E-state index in [0.29, 0.717) is 25.2 Å². The number of imidazole rings is 1. The molecule has 0 saturated carbocycles. The van der Waals surface area contributed by atoms with E-state index in [1.54, 1.807) is 7.05 Å². The predicted molar refractivity (Wildman–Crippen MR) is 66.0 cm³/mol. The molecular formula is C10H20N4O2S. The van der Waals surface area contributed by atoms with Crippen molar-refractivity contribution in [1.82, 2.24) is 14.3 Å². The summed E-state index contributed by atoms with van der Waals surface area (Å²) in [4.78, 5) is 6.81. The van der Waals surface area contributed by atoms with E-state index in [9.17, 15) is 8.42 Å². The molecule has 1 heterocycles. The highest BCUT2D eigenvalue weighted by molar-refractivity contribution is 7.89. The van der Waals surface area contributed by atoms with Crippen molar-refractivity contribution in [2.75, 3.05) is 13.6 Å². The number of nitrogens with one attached hydrogen (secondary N) is 1. The van der Waals surface area contributed by atoms with E-state index in [2.05, 4.69) is 9.97 Å². The first kappa shape index (κ1) is 14.1. The van der Waals surface area contributed by atoms with Crippen LogP contribution in [0.5, 0.6) is 0 Å². The quantitative estimate of drug-likeness (QED) is 0.771. The van der Waals surface area contributed by atoms with Crippen LogP contribution in [0.15, 0.2) is 11.2 Å². The molecule has 0 aliphatic heterocycles. The molecule has 1 aromatic rings. The molecule has 0 spiro atoms. The zero-order chi connectivity index (χ0) is 13.1. The lowest BCUT2D eigenvalue weighted by molar-refractivity contribution is 0.373. The van der Waals surface area contributed by atoms with Gasteiger partial charge in [0.25, 0.3) is 10.0 Å². The van der Waals surface area contributed by atoms with Crippen LogP contribution in [0.4, 0.5) is 0 Å². The van der Waals surface area contributed by atoms with Gasteiger partial charge in [-0.05, 0) is 19.9 Å². The summed E-state index contributed by atoms with van der Waals surface area (Å²) in [6, 6.07) is -0.127. The molecule has 98 valence electrons. The summed E-state index contributed by atoms with van der Waals surface area (Å²) in [5.41, 5.74) is 5.43. The largest absolute Gasteiger partial charge is 0.332 e. The molecule has 0 amide bonds. The maximum Gasteiger partial charge on any atom is 0.260 e. The minimum absolute atomic E-state index is 0.127. The maximum atomic E-state index is 12.2. The van der Waals surface area contributed by atoms with Crippen molar-refractivity contribution in [2.24, 2.45) is 5.73 Å². The van der Waals surface area contributed by atoms with Crippen LogP contribution in [0.2, 0.25) is 0 Å². The van der Waals surface area contributed by atoms with Crippen LogP contribution < -0.4 is 5.73 Å². The van der Waals surface area contributed by atoms with Gasteiger partial charge in [-0.25, -0.2) is 13.4 Å². The minimum atomic E-state index is -3.49. The van der Waals surface area contributed by atoms with Crippen molar-refractivity contribution in [3.05, 3.63) is 12.0 Å². The lowest BCUT2D eigenvalue weighted by Crippen LogP contribution is -2.36. The Kier molecular flexibility index (Phi) is 4.67. The molecule has 0 aliphatic rings. The third-order valence-electron chi connectivity index (χ3n) is 2.80. The molecule has 7 heteroatoms. The van der Waals surface area contributed by atoms with E-state index in [-0.39, 0.29) is 11.1 Å². The second-order valence-corrected chi connectivity index (χ2v) is 5.96. The fraction of sp³-hybridized carbons (Fsp3) is 0.700. The van der Waals surface area contributed by atoms with E-state index >= 15 is 0 Å². The first-order valence-corrected chi connectivity index (χ1v) is 7.09. The number of rotatable bonds is 6. The van der Waals surface area contributed by atoms with E-state index in [1.807, 2.05) is 13.8 Å². The normalized spacial score (nSPS) is 14.2. The third kappa shape index (κ3) is 3.05. The summed E-state index contributed by atoms with van der Waals surface area (Å²) in [6.45, 7) is 4.21. The number of sulfonamides is 1. The predicted octanol–water partition coefficient (Wildman–Crippen LogP) is 0.330. The standard InChI is InChI=1S/C10H20N4O2S/c1-4-9-12-7-10(13-9)17(15,16)14(3)8(2)5-6-11/h7-8H,4-6,11H2,1-3H3,(H,12,13). The highest BCUT2D eigenvalue weighted by atomic mass is 32.2. The van der Waals surface area contributed by atoms with Crippen molar-refractivity contribution in [3.63, 3.8) is 0 Å². The number of hydrogen-bond acceptors (Lipinski definition) is 4. The van der Waals surface area contributed by atoms with Crippen molar-refractivity contribution < 1.29 is 8.42 Å². The Morgan fingerprint density at radius 3 is 2.71 bits per heavy atom. The maximum absolute atomic E-state index is 12.2. The van der Waals surface area contributed by atoms with Crippen molar-refractivity contribution in [2.45, 2.75) is 37.8 Å². The number of aromatic nitrogens is 2. The highest BCUT2D eigenvalue weighted by Crippen LogP contribution is 2.15. The molecule has 0 bridgehead atoms. The van der Waals surface area contributed by atoms with Gasteiger partial charge in [0.05, 0.1) is 6.20 Å². The molecule has 0 aliphatic carbocycles. The number of nitrogens with two attached hydrogens (primary N) is 1. The molecule has 1 rings (SSSR count). The summed E-state index contributed by atoms with van der Waals surface area (Å²) in [7, 11) is -1.93. The van der Waals surface area contributed by atoms with E-state index in [1.165, 1.54) is 10.5 Å². The Morgan fingerprint density at radius 1 is 1.59 bits per heavy atom. The lowest BCUT2D eigenvalue weighted by atomic mass is 10.2. The Bertz CT molecular complexity index is 455. The summed E-state index contributed by atoms with van der Waals surface area (Å²) in [6.07, 6.45) is 2.67. The number of aromatic amines is 1. The molecule has 1 unspecified atom stereocenters. The Hall–Kier alpha value is -0.920. The molecule has 1 aromatic heterocycles. The molecular weight excluding hydrogens is 240 g/mol. The van der Waals surface area contributed by atoms with Crippen molar-refractivity contribution in [3.8, 4) is 0 Å². The van der Waals surface area contributed by atoms with Crippen LogP contribution in [0, 0.1) is 0 Å². The van der Waals surface area contributed by atoms with E-state index in [4.69, 9.17) is 5.73 Å². The van der Waals surface area contributed by atoms with Crippen LogP contribution in [0.3, 0.4) is 0 Å². The van der Waals surface area contributed by atoms with Gasteiger partial charge in [-0.1, -0.05) is 6.92 Å². The van der Waals surface area contributed by atoms with Crippen molar-refractivity contribution >= 4 is 10.0 Å². The Labute approximate surface area is 102 Å². The van der Waals surface area contributed by atoms with Gasteiger partial charge in [-0.3, -0.25) is 0 Å². The molecule has 0 aromatic carbocycles. The first-order chi connectivity index (χ1) is 7.93. The second-order valence-electron chi connectivity index (χ2n) is 4.00. The fourth-order valence-electron chi connectivity index (χ4n) is 1.47. The molecule has 0 fully saturated rings. The van der Waals surface area contributed by atoms with Gasteiger partial charge < -0.3 is 10.7 Å². The third-order valence-corrected chi connectivity index (χ3v) is 4.68. The summed E-state index contributed by atoms with van der Waals surface area (Å²) >= 11 is 0. The number of H-pyrrole nitrogens is 1. The summed E-state index contributed by atoms with van der Waals surface area (Å²) < 4.78 is 25.7. The van der Waals surface area contributed by atoms with Crippen LogP contribution >= 0.6 is 0 Å². The lowest BCUT2D eigenvalue weighted by Gasteiger charge is -2.22. The van der Waals surface area contributed by atoms with Gasteiger partial charge >= 0.3 is 0 Å². The molecule has 0 radical (unpaired) electrons. The van der Waals surface area contributed by atoms with Gasteiger partial charge in [-0.2, -0.15) is 4.31 Å². The van der Waals surface area contributed by atoms with Crippen molar-refractivity contribution in [1.29, 1.82) is 0 Å². The average molecular weight is 260 g/mol. The second kappa shape index (κ2) is 5.61. The van der Waals surface area contributed by atoms with E-state index in [0.717, 1.165) is 0 Å². The smallest absolute Gasteiger partial charge is 0.260 e. The molecule has 6 nitrogen and oxygen atoms in total. The van der Waals surface area contributed by atoms with Crippen LogP contribution in [0.1, 0.15) is 26.1 Å². The highest BCUT2D eigenvalue weighted by Gasteiger charge is 2.26. The monoisotopic (exact) mass is 260 g/mol. The number of nitrogens with zero attached hydrogens (tertiary/aromatic N) is 2. The van der Waals surface area contributed by atoms with Gasteiger partial charge in [-0.15, -0.1) is 0 Å². The summed E-state index contributed by atoms with van der Waals surface area (Å²) in [5.74, 6) is 0.670.